The fraction of sp³-hybridized carbons (Fsp3) is 0.250. The summed E-state index contributed by atoms with van der Waals surface area (Å²) in [4.78, 5) is 11.8. The monoisotopic (exact) mass is 265 g/mol. The second-order valence-corrected chi connectivity index (χ2v) is 4.08. The maximum absolute atomic E-state index is 10.1. The van der Waals surface area contributed by atoms with Gasteiger partial charge >= 0.3 is 0 Å². The molecule has 0 spiro atoms. The van der Waals surface area contributed by atoms with Crippen LogP contribution in [0.4, 0.5) is 0 Å². The number of hydrogen-bond donors (Lipinski definition) is 1. The SMILES string of the molecule is COc1cc(C(O)Cc2ccncc2Cl)ncn1. The van der Waals surface area contributed by atoms with Crippen LogP contribution in [0.3, 0.4) is 0 Å². The summed E-state index contributed by atoms with van der Waals surface area (Å²) in [7, 11) is 1.51. The summed E-state index contributed by atoms with van der Waals surface area (Å²) in [5.74, 6) is 0.417. The Kier molecular flexibility index (Phi) is 4.07. The van der Waals surface area contributed by atoms with E-state index in [4.69, 9.17) is 16.3 Å². The van der Waals surface area contributed by atoms with Crippen molar-refractivity contribution in [2.24, 2.45) is 0 Å². The molecule has 6 heteroatoms. The van der Waals surface area contributed by atoms with Gasteiger partial charge in [-0.05, 0) is 11.6 Å². The van der Waals surface area contributed by atoms with Crippen molar-refractivity contribution >= 4 is 11.6 Å². The molecule has 0 saturated heterocycles. The van der Waals surface area contributed by atoms with E-state index >= 15 is 0 Å². The number of aliphatic hydroxyl groups is 1. The Morgan fingerprint density at radius 1 is 1.44 bits per heavy atom. The molecule has 0 fully saturated rings. The first-order valence-electron chi connectivity index (χ1n) is 5.33. The van der Waals surface area contributed by atoms with Crippen molar-refractivity contribution in [3.63, 3.8) is 0 Å². The molecule has 2 aromatic rings. The zero-order chi connectivity index (χ0) is 13.0. The first kappa shape index (κ1) is 12.7. The quantitative estimate of drug-likeness (QED) is 0.913. The number of aliphatic hydroxyl groups excluding tert-OH is 1. The number of aromatic nitrogens is 3. The van der Waals surface area contributed by atoms with Gasteiger partial charge in [-0.2, -0.15) is 0 Å². The highest BCUT2D eigenvalue weighted by molar-refractivity contribution is 6.31. The molecule has 0 radical (unpaired) electrons. The highest BCUT2D eigenvalue weighted by Crippen LogP contribution is 2.22. The molecule has 0 aliphatic rings. The number of methoxy groups -OCH3 is 1. The van der Waals surface area contributed by atoms with Gasteiger partial charge in [0.15, 0.2) is 0 Å². The molecule has 0 saturated carbocycles. The third-order valence-corrected chi connectivity index (χ3v) is 2.82. The lowest BCUT2D eigenvalue weighted by molar-refractivity contribution is 0.172. The first-order chi connectivity index (χ1) is 8.70. The summed E-state index contributed by atoms with van der Waals surface area (Å²) >= 11 is 5.98. The van der Waals surface area contributed by atoms with Crippen LogP contribution < -0.4 is 4.74 Å². The van der Waals surface area contributed by atoms with Crippen LogP contribution in [-0.4, -0.2) is 27.2 Å². The topological polar surface area (TPSA) is 68.1 Å². The molecular weight excluding hydrogens is 254 g/mol. The summed E-state index contributed by atoms with van der Waals surface area (Å²) in [6.45, 7) is 0. The van der Waals surface area contributed by atoms with Gasteiger partial charge in [-0.25, -0.2) is 9.97 Å². The number of pyridine rings is 1. The normalized spacial score (nSPS) is 12.2. The minimum atomic E-state index is -0.762. The lowest BCUT2D eigenvalue weighted by atomic mass is 10.1. The molecule has 1 N–H and O–H groups in total. The van der Waals surface area contributed by atoms with Crippen LogP contribution in [0.15, 0.2) is 30.9 Å². The molecule has 5 nitrogen and oxygen atoms in total. The van der Waals surface area contributed by atoms with Crippen LogP contribution in [-0.2, 0) is 6.42 Å². The number of halogens is 1. The minimum Gasteiger partial charge on any atom is -0.481 e. The molecule has 0 aliphatic heterocycles. The Bertz CT molecular complexity index is 536. The summed E-state index contributed by atoms with van der Waals surface area (Å²) in [6.07, 6.45) is 4.13. The van der Waals surface area contributed by atoms with E-state index in [0.717, 1.165) is 5.56 Å². The Morgan fingerprint density at radius 3 is 3.00 bits per heavy atom. The van der Waals surface area contributed by atoms with E-state index in [2.05, 4.69) is 15.0 Å². The number of rotatable bonds is 4. The van der Waals surface area contributed by atoms with E-state index in [1.807, 2.05) is 0 Å². The second-order valence-electron chi connectivity index (χ2n) is 3.67. The largest absolute Gasteiger partial charge is 0.481 e. The maximum atomic E-state index is 10.1. The van der Waals surface area contributed by atoms with Gasteiger partial charge in [-0.3, -0.25) is 4.98 Å². The van der Waals surface area contributed by atoms with Gasteiger partial charge in [-0.1, -0.05) is 11.6 Å². The van der Waals surface area contributed by atoms with E-state index in [1.165, 1.54) is 13.4 Å². The summed E-state index contributed by atoms with van der Waals surface area (Å²) in [6, 6.07) is 3.36. The van der Waals surface area contributed by atoms with Gasteiger partial charge in [0.05, 0.1) is 17.8 Å². The average molecular weight is 266 g/mol. The fourth-order valence-electron chi connectivity index (χ4n) is 1.53. The highest BCUT2D eigenvalue weighted by Gasteiger charge is 2.13. The average Bonchev–Trinajstić information content (AvgIpc) is 2.41. The molecule has 2 rings (SSSR count). The van der Waals surface area contributed by atoms with Crippen LogP contribution >= 0.6 is 11.6 Å². The molecule has 18 heavy (non-hydrogen) atoms. The number of ether oxygens (including phenoxy) is 1. The van der Waals surface area contributed by atoms with Crippen molar-refractivity contribution in [2.75, 3.05) is 7.11 Å². The summed E-state index contributed by atoms with van der Waals surface area (Å²) in [5, 5.41) is 10.6. The van der Waals surface area contributed by atoms with Crippen molar-refractivity contribution in [1.29, 1.82) is 0 Å². The van der Waals surface area contributed by atoms with Gasteiger partial charge in [-0.15, -0.1) is 0 Å². The lowest BCUT2D eigenvalue weighted by Gasteiger charge is -2.11. The van der Waals surface area contributed by atoms with Crippen molar-refractivity contribution in [2.45, 2.75) is 12.5 Å². The van der Waals surface area contributed by atoms with Crippen molar-refractivity contribution in [3.8, 4) is 5.88 Å². The smallest absolute Gasteiger partial charge is 0.216 e. The van der Waals surface area contributed by atoms with Crippen molar-refractivity contribution in [1.82, 2.24) is 15.0 Å². The van der Waals surface area contributed by atoms with Gasteiger partial charge in [0.1, 0.15) is 12.4 Å². The van der Waals surface area contributed by atoms with Gasteiger partial charge in [0.25, 0.3) is 0 Å². The molecule has 0 bridgehead atoms. The van der Waals surface area contributed by atoms with E-state index in [0.29, 0.717) is 23.0 Å². The molecule has 1 unspecified atom stereocenters. The van der Waals surface area contributed by atoms with Crippen molar-refractivity contribution < 1.29 is 9.84 Å². The van der Waals surface area contributed by atoms with Gasteiger partial charge < -0.3 is 9.84 Å². The van der Waals surface area contributed by atoms with Crippen LogP contribution in [0.25, 0.3) is 0 Å². The molecule has 0 amide bonds. The van der Waals surface area contributed by atoms with E-state index in [-0.39, 0.29) is 0 Å². The van der Waals surface area contributed by atoms with Crippen LogP contribution in [0.5, 0.6) is 5.88 Å². The Hall–Kier alpha value is -1.72. The van der Waals surface area contributed by atoms with Crippen LogP contribution in [0, 0.1) is 0 Å². The van der Waals surface area contributed by atoms with Crippen LogP contribution in [0.2, 0.25) is 5.02 Å². The highest BCUT2D eigenvalue weighted by atomic mass is 35.5. The zero-order valence-electron chi connectivity index (χ0n) is 9.75. The predicted molar refractivity (Wildman–Crippen MR) is 66.5 cm³/mol. The summed E-state index contributed by atoms with van der Waals surface area (Å²) < 4.78 is 4.98. The molecular formula is C12H12ClN3O2. The Balaban J connectivity index is 2.16. The molecule has 2 heterocycles. The lowest BCUT2D eigenvalue weighted by Crippen LogP contribution is -2.05. The number of nitrogens with zero attached hydrogens (tertiary/aromatic N) is 3. The Labute approximate surface area is 109 Å². The standard InChI is InChI=1S/C12H12ClN3O2/c1-18-12-5-10(15-7-16-12)11(17)4-8-2-3-14-6-9(8)13/h2-3,5-7,11,17H,4H2,1H3. The third-order valence-electron chi connectivity index (χ3n) is 2.48. The summed E-state index contributed by atoms with van der Waals surface area (Å²) in [5.41, 5.74) is 1.31. The van der Waals surface area contributed by atoms with E-state index in [9.17, 15) is 5.11 Å². The van der Waals surface area contributed by atoms with E-state index < -0.39 is 6.10 Å². The second kappa shape index (κ2) is 5.75. The predicted octanol–water partition coefficient (Wildman–Crippen LogP) is 1.81. The maximum Gasteiger partial charge on any atom is 0.216 e. The Morgan fingerprint density at radius 2 is 2.28 bits per heavy atom. The minimum absolute atomic E-state index is 0.363. The van der Waals surface area contributed by atoms with Gasteiger partial charge in [0, 0.05) is 24.9 Å². The van der Waals surface area contributed by atoms with Crippen LogP contribution in [0.1, 0.15) is 17.4 Å². The number of hydrogen-bond acceptors (Lipinski definition) is 5. The van der Waals surface area contributed by atoms with Gasteiger partial charge in [0.2, 0.25) is 5.88 Å². The van der Waals surface area contributed by atoms with E-state index in [1.54, 1.807) is 24.5 Å². The molecule has 2 aromatic heterocycles. The molecule has 0 aliphatic carbocycles. The zero-order valence-corrected chi connectivity index (χ0v) is 10.5. The molecule has 0 aromatic carbocycles. The molecule has 1 atom stereocenters. The van der Waals surface area contributed by atoms with Crippen molar-refractivity contribution in [3.05, 3.63) is 47.1 Å². The first-order valence-corrected chi connectivity index (χ1v) is 5.71. The fourth-order valence-corrected chi connectivity index (χ4v) is 1.73. The third kappa shape index (κ3) is 2.94. The molecule has 94 valence electrons.